The van der Waals surface area contributed by atoms with Crippen molar-refractivity contribution in [2.45, 2.75) is 31.9 Å². The highest BCUT2D eigenvalue weighted by atomic mass is 35.5. The fourth-order valence-electron chi connectivity index (χ4n) is 1.51. The van der Waals surface area contributed by atoms with Gasteiger partial charge in [0.2, 0.25) is 0 Å². The maximum absolute atomic E-state index is 12.0. The van der Waals surface area contributed by atoms with Crippen LogP contribution in [0.25, 0.3) is 0 Å². The lowest BCUT2D eigenvalue weighted by molar-refractivity contribution is -0.164. The average Bonchev–Trinajstić information content (AvgIpc) is 2.19. The zero-order valence-corrected chi connectivity index (χ0v) is 11.2. The standard InChI is InChI=1S/C12H16ClNO4/c1-11(2,3)18-10(17)12(14)5-4-7(13)6-8(12)9(15)16/h4-6,8H,14H2,1-3H3,(H,15,16). The van der Waals surface area contributed by atoms with Crippen LogP contribution in [0.5, 0.6) is 0 Å². The van der Waals surface area contributed by atoms with Gasteiger partial charge in [0.25, 0.3) is 0 Å². The van der Waals surface area contributed by atoms with Gasteiger partial charge in [-0.15, -0.1) is 0 Å². The predicted molar refractivity (Wildman–Crippen MR) is 67.0 cm³/mol. The monoisotopic (exact) mass is 273 g/mol. The van der Waals surface area contributed by atoms with E-state index in [9.17, 15) is 9.59 Å². The Balaban J connectivity index is 3.07. The van der Waals surface area contributed by atoms with E-state index in [-0.39, 0.29) is 5.03 Å². The van der Waals surface area contributed by atoms with E-state index in [0.29, 0.717) is 0 Å². The molecular weight excluding hydrogens is 258 g/mol. The van der Waals surface area contributed by atoms with Crippen LogP contribution < -0.4 is 5.73 Å². The van der Waals surface area contributed by atoms with Crippen LogP contribution in [0.1, 0.15) is 20.8 Å². The number of nitrogens with two attached hydrogens (primary N) is 1. The Labute approximate surface area is 110 Å². The van der Waals surface area contributed by atoms with Crippen molar-refractivity contribution < 1.29 is 19.4 Å². The Bertz CT molecular complexity index is 436. The summed E-state index contributed by atoms with van der Waals surface area (Å²) in [6.45, 7) is 5.04. The third kappa shape index (κ3) is 3.11. The molecule has 0 aliphatic heterocycles. The van der Waals surface area contributed by atoms with Crippen LogP contribution in [0.3, 0.4) is 0 Å². The van der Waals surface area contributed by atoms with E-state index in [1.54, 1.807) is 20.8 Å². The van der Waals surface area contributed by atoms with E-state index in [1.807, 2.05) is 0 Å². The lowest BCUT2D eigenvalue weighted by Gasteiger charge is -2.33. The molecular formula is C12H16ClNO4. The van der Waals surface area contributed by atoms with Crippen LogP contribution in [0, 0.1) is 5.92 Å². The summed E-state index contributed by atoms with van der Waals surface area (Å²) < 4.78 is 5.14. The highest BCUT2D eigenvalue weighted by Crippen LogP contribution is 2.29. The first-order valence-electron chi connectivity index (χ1n) is 5.38. The van der Waals surface area contributed by atoms with Crippen LogP contribution in [0.4, 0.5) is 0 Å². The molecule has 0 saturated carbocycles. The van der Waals surface area contributed by atoms with Gasteiger partial charge in [0, 0.05) is 5.03 Å². The first-order chi connectivity index (χ1) is 8.06. The Hall–Kier alpha value is -1.33. The second-order valence-corrected chi connectivity index (χ2v) is 5.57. The minimum atomic E-state index is -1.74. The van der Waals surface area contributed by atoms with Crippen LogP contribution in [0.15, 0.2) is 23.3 Å². The van der Waals surface area contributed by atoms with E-state index in [1.165, 1.54) is 18.2 Å². The van der Waals surface area contributed by atoms with Crippen LogP contribution in [-0.2, 0) is 14.3 Å². The Kier molecular flexibility index (Phi) is 3.88. The lowest BCUT2D eigenvalue weighted by atomic mass is 9.81. The summed E-state index contributed by atoms with van der Waals surface area (Å²) in [5.74, 6) is -3.27. The molecule has 0 radical (unpaired) electrons. The van der Waals surface area contributed by atoms with Gasteiger partial charge in [-0.1, -0.05) is 17.7 Å². The van der Waals surface area contributed by atoms with E-state index in [4.69, 9.17) is 27.2 Å². The Morgan fingerprint density at radius 1 is 1.50 bits per heavy atom. The topological polar surface area (TPSA) is 89.6 Å². The summed E-state index contributed by atoms with van der Waals surface area (Å²) in [5, 5.41) is 9.34. The fraction of sp³-hybridized carbons (Fsp3) is 0.500. The molecule has 1 rings (SSSR count). The van der Waals surface area contributed by atoms with Crippen molar-refractivity contribution in [2.24, 2.45) is 11.7 Å². The molecule has 0 saturated heterocycles. The zero-order chi connectivity index (χ0) is 14.1. The van der Waals surface area contributed by atoms with Gasteiger partial charge in [0.1, 0.15) is 11.5 Å². The van der Waals surface area contributed by atoms with Crippen molar-refractivity contribution in [1.82, 2.24) is 0 Å². The van der Waals surface area contributed by atoms with Gasteiger partial charge < -0.3 is 15.6 Å². The number of hydrogen-bond acceptors (Lipinski definition) is 4. The molecule has 0 aromatic rings. The quantitative estimate of drug-likeness (QED) is 0.743. The smallest absolute Gasteiger partial charge is 0.331 e. The van der Waals surface area contributed by atoms with Crippen molar-refractivity contribution in [2.75, 3.05) is 0 Å². The molecule has 2 atom stereocenters. The second kappa shape index (κ2) is 4.74. The van der Waals surface area contributed by atoms with Gasteiger partial charge in [-0.25, -0.2) is 4.79 Å². The summed E-state index contributed by atoms with van der Waals surface area (Å²) >= 11 is 5.72. The lowest BCUT2D eigenvalue weighted by Crippen LogP contribution is -2.57. The van der Waals surface area contributed by atoms with Crippen LogP contribution in [-0.4, -0.2) is 28.2 Å². The van der Waals surface area contributed by atoms with Crippen molar-refractivity contribution in [1.29, 1.82) is 0 Å². The first kappa shape index (κ1) is 14.7. The maximum atomic E-state index is 12.0. The molecule has 5 nitrogen and oxygen atoms in total. The number of allylic oxidation sites excluding steroid dienone is 2. The number of ether oxygens (including phenoxy) is 1. The van der Waals surface area contributed by atoms with E-state index >= 15 is 0 Å². The number of carbonyl (C=O) groups excluding carboxylic acids is 1. The number of hydrogen-bond donors (Lipinski definition) is 2. The molecule has 0 fully saturated rings. The molecule has 0 heterocycles. The minimum absolute atomic E-state index is 0.229. The van der Waals surface area contributed by atoms with Crippen molar-refractivity contribution >= 4 is 23.5 Å². The summed E-state index contributed by atoms with van der Waals surface area (Å²) in [4.78, 5) is 23.2. The molecule has 3 N–H and O–H groups in total. The van der Waals surface area contributed by atoms with Gasteiger partial charge in [0.05, 0.1) is 0 Å². The van der Waals surface area contributed by atoms with Crippen LogP contribution >= 0.6 is 11.6 Å². The number of carbonyl (C=O) groups is 2. The number of rotatable bonds is 2. The van der Waals surface area contributed by atoms with Crippen molar-refractivity contribution in [3.8, 4) is 0 Å². The average molecular weight is 274 g/mol. The normalized spacial score (nSPS) is 27.6. The molecule has 1 aliphatic rings. The maximum Gasteiger partial charge on any atom is 0.331 e. The van der Waals surface area contributed by atoms with Gasteiger partial charge in [-0.3, -0.25) is 4.79 Å². The summed E-state index contributed by atoms with van der Waals surface area (Å²) in [5.41, 5.74) is 3.39. The molecule has 0 aromatic heterocycles. The zero-order valence-electron chi connectivity index (χ0n) is 10.4. The fourth-order valence-corrected chi connectivity index (χ4v) is 1.70. The molecule has 2 unspecified atom stereocenters. The van der Waals surface area contributed by atoms with Crippen molar-refractivity contribution in [3.05, 3.63) is 23.3 Å². The minimum Gasteiger partial charge on any atom is -0.481 e. The number of aliphatic carboxylic acids is 1. The third-order valence-electron chi connectivity index (χ3n) is 2.38. The molecule has 18 heavy (non-hydrogen) atoms. The van der Waals surface area contributed by atoms with E-state index in [2.05, 4.69) is 0 Å². The summed E-state index contributed by atoms with van der Waals surface area (Å²) in [7, 11) is 0. The van der Waals surface area contributed by atoms with Crippen molar-refractivity contribution in [3.63, 3.8) is 0 Å². The molecule has 6 heteroatoms. The molecule has 0 amide bonds. The summed E-state index contributed by atoms with van der Waals surface area (Å²) in [6.07, 6.45) is 3.89. The molecule has 1 aliphatic carbocycles. The number of carboxylic acid groups (broad SMARTS) is 1. The first-order valence-corrected chi connectivity index (χ1v) is 5.76. The highest BCUT2D eigenvalue weighted by Gasteiger charge is 2.47. The second-order valence-electron chi connectivity index (χ2n) is 5.14. The number of esters is 1. The van der Waals surface area contributed by atoms with E-state index < -0.39 is 29.0 Å². The Morgan fingerprint density at radius 2 is 2.06 bits per heavy atom. The Morgan fingerprint density at radius 3 is 2.50 bits per heavy atom. The van der Waals surface area contributed by atoms with Gasteiger partial charge >= 0.3 is 11.9 Å². The SMILES string of the molecule is CC(C)(C)OC(=O)C1(N)C=CC(Cl)=CC1C(=O)O. The molecule has 0 aromatic carbocycles. The molecule has 0 spiro atoms. The highest BCUT2D eigenvalue weighted by molar-refractivity contribution is 6.31. The number of halogens is 1. The number of carboxylic acids is 1. The van der Waals surface area contributed by atoms with Gasteiger partial charge in [-0.05, 0) is 32.9 Å². The molecule has 0 bridgehead atoms. The summed E-state index contributed by atoms with van der Waals surface area (Å²) in [6, 6.07) is 0. The van der Waals surface area contributed by atoms with E-state index in [0.717, 1.165) is 0 Å². The predicted octanol–water partition coefficient (Wildman–Crippen LogP) is 1.42. The third-order valence-corrected chi connectivity index (χ3v) is 2.63. The van der Waals surface area contributed by atoms with Gasteiger partial charge in [-0.2, -0.15) is 0 Å². The van der Waals surface area contributed by atoms with Crippen LogP contribution in [0.2, 0.25) is 0 Å². The van der Waals surface area contributed by atoms with Gasteiger partial charge in [0.15, 0.2) is 5.54 Å². The largest absolute Gasteiger partial charge is 0.481 e. The molecule has 100 valence electrons.